The maximum Gasteiger partial charge on any atom is 0.323 e. The highest BCUT2D eigenvalue weighted by Gasteiger charge is 2.17. The van der Waals surface area contributed by atoms with Crippen LogP contribution in [0.2, 0.25) is 5.15 Å². The molecule has 0 unspecified atom stereocenters. The van der Waals surface area contributed by atoms with E-state index in [-0.39, 0.29) is 11.2 Å². The zero-order chi connectivity index (χ0) is 24.7. The Labute approximate surface area is 209 Å². The molecule has 2 aromatic carbocycles. The molecule has 2 N–H and O–H groups in total. The second-order valence-corrected chi connectivity index (χ2v) is 9.34. The fourth-order valence-corrected chi connectivity index (χ4v) is 5.21. The zero-order valence-electron chi connectivity index (χ0n) is 18.9. The van der Waals surface area contributed by atoms with E-state index in [0.717, 1.165) is 15.5 Å². The third-order valence-electron chi connectivity index (χ3n) is 5.84. The number of hydrogen-bond acceptors (Lipinski definition) is 4. The molecule has 3 heterocycles. The molecule has 0 spiro atoms. The molecule has 9 heteroatoms. The van der Waals surface area contributed by atoms with Crippen molar-refractivity contribution in [1.82, 2.24) is 9.55 Å². The molecule has 0 aliphatic carbocycles. The van der Waals surface area contributed by atoms with Crippen molar-refractivity contribution in [2.75, 3.05) is 10.6 Å². The summed E-state index contributed by atoms with van der Waals surface area (Å²) in [6.45, 7) is 4.01. The number of carbonyl (C=O) groups is 1. The van der Waals surface area contributed by atoms with E-state index >= 15 is 0 Å². The van der Waals surface area contributed by atoms with Crippen LogP contribution in [0.4, 0.5) is 20.6 Å². The number of aromatic nitrogens is 2. The number of thiophene rings is 1. The molecule has 3 aromatic heterocycles. The fourth-order valence-electron chi connectivity index (χ4n) is 4.16. The van der Waals surface area contributed by atoms with Crippen molar-refractivity contribution in [1.29, 1.82) is 0 Å². The minimum atomic E-state index is -0.596. The first-order valence-corrected chi connectivity index (χ1v) is 12.2. The summed E-state index contributed by atoms with van der Waals surface area (Å²) in [5.41, 5.74) is 2.51. The van der Waals surface area contributed by atoms with Crippen molar-refractivity contribution in [3.8, 4) is 11.1 Å². The van der Waals surface area contributed by atoms with Crippen molar-refractivity contribution in [3.63, 3.8) is 0 Å². The Morgan fingerprint density at radius 3 is 2.69 bits per heavy atom. The predicted octanol–water partition coefficient (Wildman–Crippen LogP) is 7.04. The van der Waals surface area contributed by atoms with Crippen LogP contribution in [-0.4, -0.2) is 15.6 Å². The number of fused-ring (bicyclic) bond motifs is 2. The molecule has 0 saturated heterocycles. The topological polar surface area (TPSA) is 76.0 Å². The van der Waals surface area contributed by atoms with Gasteiger partial charge in [0.15, 0.2) is 0 Å². The molecule has 0 fully saturated rings. The normalized spacial score (nSPS) is 11.2. The number of anilines is 2. The lowest BCUT2D eigenvalue weighted by atomic mass is 9.99. The first kappa shape index (κ1) is 23.0. The lowest BCUT2D eigenvalue weighted by molar-refractivity contribution is 0.262. The van der Waals surface area contributed by atoms with E-state index in [1.165, 1.54) is 23.5 Å². The molecule has 6 nitrogen and oxygen atoms in total. The monoisotopic (exact) mass is 506 g/mol. The number of halogens is 2. The lowest BCUT2D eigenvalue weighted by Crippen LogP contribution is -2.22. The van der Waals surface area contributed by atoms with Gasteiger partial charge in [0.25, 0.3) is 5.56 Å². The standard InChI is InChI=1S/C26H20ClFN4O2S/c1-3-32-22-11-24(27)29-12-15(22)9-18(25(32)33)17-10-20(19(28)8-14(17)2)30-26(34)31-21-13-35-23-7-5-4-6-16(21)23/h4-13H,3H2,1-2H3,(H2,30,31,34). The maximum atomic E-state index is 14.8. The third kappa shape index (κ3) is 4.26. The van der Waals surface area contributed by atoms with Crippen LogP contribution in [0.1, 0.15) is 12.5 Å². The van der Waals surface area contributed by atoms with E-state index in [9.17, 15) is 14.0 Å². The van der Waals surface area contributed by atoms with Crippen LogP contribution in [0.15, 0.2) is 64.9 Å². The van der Waals surface area contributed by atoms with Crippen molar-refractivity contribution in [2.24, 2.45) is 0 Å². The van der Waals surface area contributed by atoms with Gasteiger partial charge in [-0.2, -0.15) is 0 Å². The van der Waals surface area contributed by atoms with Crippen LogP contribution in [0.25, 0.3) is 32.1 Å². The predicted molar refractivity (Wildman–Crippen MR) is 141 cm³/mol. The number of benzene rings is 2. The molecular weight excluding hydrogens is 487 g/mol. The molecule has 0 aliphatic heterocycles. The molecule has 0 atom stereocenters. The second-order valence-electron chi connectivity index (χ2n) is 8.04. The Hall–Kier alpha value is -3.75. The van der Waals surface area contributed by atoms with Gasteiger partial charge in [0.1, 0.15) is 11.0 Å². The molecule has 0 radical (unpaired) electrons. The molecule has 0 saturated carbocycles. The average molecular weight is 507 g/mol. The summed E-state index contributed by atoms with van der Waals surface area (Å²) in [5.74, 6) is -0.596. The molecule has 2 amide bonds. The molecule has 5 aromatic rings. The quantitative estimate of drug-likeness (QED) is 0.256. The molecular formula is C26H20ClFN4O2S. The van der Waals surface area contributed by atoms with Gasteiger partial charge in [0, 0.05) is 39.2 Å². The van der Waals surface area contributed by atoms with Crippen LogP contribution in [0.5, 0.6) is 0 Å². The van der Waals surface area contributed by atoms with Crippen molar-refractivity contribution in [2.45, 2.75) is 20.4 Å². The van der Waals surface area contributed by atoms with E-state index < -0.39 is 11.8 Å². The molecule has 0 bridgehead atoms. The van der Waals surface area contributed by atoms with Crippen LogP contribution in [-0.2, 0) is 6.54 Å². The highest BCUT2D eigenvalue weighted by Crippen LogP contribution is 2.31. The molecule has 176 valence electrons. The average Bonchev–Trinajstić information content (AvgIpc) is 3.23. The number of pyridine rings is 2. The Balaban J connectivity index is 1.53. The third-order valence-corrected chi connectivity index (χ3v) is 7.01. The van der Waals surface area contributed by atoms with Gasteiger partial charge < -0.3 is 15.2 Å². The minimum Gasteiger partial charge on any atom is -0.308 e. The van der Waals surface area contributed by atoms with E-state index in [0.29, 0.717) is 39.6 Å². The van der Waals surface area contributed by atoms with Crippen molar-refractivity contribution < 1.29 is 9.18 Å². The summed E-state index contributed by atoms with van der Waals surface area (Å²) in [4.78, 5) is 30.2. The second kappa shape index (κ2) is 9.13. The Morgan fingerprint density at radius 2 is 1.89 bits per heavy atom. The maximum absolute atomic E-state index is 14.8. The summed E-state index contributed by atoms with van der Waals surface area (Å²) in [6.07, 6.45) is 1.60. The smallest absolute Gasteiger partial charge is 0.308 e. The van der Waals surface area contributed by atoms with E-state index in [2.05, 4.69) is 15.6 Å². The number of nitrogens with one attached hydrogen (secondary N) is 2. The van der Waals surface area contributed by atoms with Gasteiger partial charge in [-0.15, -0.1) is 11.3 Å². The number of urea groups is 1. The molecule has 0 aliphatic rings. The van der Waals surface area contributed by atoms with Gasteiger partial charge >= 0.3 is 6.03 Å². The van der Waals surface area contributed by atoms with Crippen molar-refractivity contribution >= 4 is 61.3 Å². The number of aryl methyl sites for hydroxylation is 2. The SMILES string of the molecule is CCn1c(=O)c(-c2cc(NC(=O)Nc3csc4ccccc34)c(F)cc2C)cc2cnc(Cl)cc21. The number of amides is 2. The highest BCUT2D eigenvalue weighted by molar-refractivity contribution is 7.17. The van der Waals surface area contributed by atoms with Crippen LogP contribution in [0.3, 0.4) is 0 Å². The molecule has 5 rings (SSSR count). The fraction of sp³-hybridized carbons (Fsp3) is 0.115. The van der Waals surface area contributed by atoms with Crippen molar-refractivity contribution in [3.05, 3.63) is 87.0 Å². The van der Waals surface area contributed by atoms with E-state index in [4.69, 9.17) is 11.6 Å². The van der Waals surface area contributed by atoms with Gasteiger partial charge in [-0.05, 0) is 55.3 Å². The van der Waals surface area contributed by atoms with Gasteiger partial charge in [-0.3, -0.25) is 4.79 Å². The van der Waals surface area contributed by atoms with Gasteiger partial charge in [0.2, 0.25) is 0 Å². The van der Waals surface area contributed by atoms with Gasteiger partial charge in [-0.1, -0.05) is 29.8 Å². The van der Waals surface area contributed by atoms with Gasteiger partial charge in [0.05, 0.1) is 16.9 Å². The number of hydrogen-bond donors (Lipinski definition) is 2. The van der Waals surface area contributed by atoms with Crippen LogP contribution < -0.4 is 16.2 Å². The first-order valence-electron chi connectivity index (χ1n) is 10.9. The Morgan fingerprint density at radius 1 is 1.11 bits per heavy atom. The Bertz CT molecular complexity index is 1680. The van der Waals surface area contributed by atoms with E-state index in [1.54, 1.807) is 29.8 Å². The number of nitrogens with zero attached hydrogens (tertiary/aromatic N) is 2. The van der Waals surface area contributed by atoms with E-state index in [1.807, 2.05) is 36.6 Å². The number of rotatable bonds is 4. The highest BCUT2D eigenvalue weighted by atomic mass is 35.5. The van der Waals surface area contributed by atoms with Gasteiger partial charge in [-0.25, -0.2) is 14.2 Å². The first-order chi connectivity index (χ1) is 16.9. The van der Waals surface area contributed by atoms with Crippen LogP contribution >= 0.6 is 22.9 Å². The Kier molecular flexibility index (Phi) is 6.00. The lowest BCUT2D eigenvalue weighted by Gasteiger charge is -2.15. The summed E-state index contributed by atoms with van der Waals surface area (Å²) in [5, 5.41) is 9.13. The summed E-state index contributed by atoms with van der Waals surface area (Å²) in [6, 6.07) is 13.3. The largest absolute Gasteiger partial charge is 0.323 e. The van der Waals surface area contributed by atoms with Crippen LogP contribution in [0, 0.1) is 12.7 Å². The summed E-state index contributed by atoms with van der Waals surface area (Å²) >= 11 is 7.54. The number of carbonyl (C=O) groups excluding carboxylic acids is 1. The minimum absolute atomic E-state index is 0.0283. The summed E-state index contributed by atoms with van der Waals surface area (Å²) < 4.78 is 17.5. The zero-order valence-corrected chi connectivity index (χ0v) is 20.4. The molecule has 35 heavy (non-hydrogen) atoms. The summed E-state index contributed by atoms with van der Waals surface area (Å²) in [7, 11) is 0.